The number of fused-ring (bicyclic) bond motifs is 1. The van der Waals surface area contributed by atoms with Gasteiger partial charge in [-0.1, -0.05) is 36.4 Å². The molecular formula is C19H23N3O2. The second kappa shape index (κ2) is 6.93. The summed E-state index contributed by atoms with van der Waals surface area (Å²) in [6.45, 7) is 0.448. The number of hydrogen-bond acceptors (Lipinski definition) is 3. The molecule has 0 fully saturated rings. The van der Waals surface area contributed by atoms with Crippen molar-refractivity contribution in [1.82, 2.24) is 10.6 Å². The van der Waals surface area contributed by atoms with E-state index in [0.29, 0.717) is 13.0 Å². The van der Waals surface area contributed by atoms with Crippen molar-refractivity contribution in [2.75, 3.05) is 19.0 Å². The maximum Gasteiger partial charge on any atom is 0.315 e. The quantitative estimate of drug-likeness (QED) is 0.807. The predicted octanol–water partition coefficient (Wildman–Crippen LogP) is 2.21. The third-order valence-electron chi connectivity index (χ3n) is 4.40. The molecule has 1 aliphatic rings. The van der Waals surface area contributed by atoms with Crippen molar-refractivity contribution in [3.05, 3.63) is 65.2 Å². The van der Waals surface area contributed by atoms with E-state index < -0.39 is 6.10 Å². The van der Waals surface area contributed by atoms with E-state index in [-0.39, 0.29) is 12.1 Å². The number of rotatable bonds is 4. The molecule has 0 saturated heterocycles. The van der Waals surface area contributed by atoms with Crippen LogP contribution >= 0.6 is 0 Å². The van der Waals surface area contributed by atoms with Crippen LogP contribution in [0.4, 0.5) is 10.5 Å². The lowest BCUT2D eigenvalue weighted by atomic mass is 10.1. The smallest absolute Gasteiger partial charge is 0.315 e. The molecule has 0 radical (unpaired) electrons. The van der Waals surface area contributed by atoms with Crippen LogP contribution in [-0.4, -0.2) is 31.3 Å². The van der Waals surface area contributed by atoms with Gasteiger partial charge in [0.1, 0.15) is 0 Å². The molecule has 2 unspecified atom stereocenters. The van der Waals surface area contributed by atoms with E-state index in [4.69, 9.17) is 0 Å². The van der Waals surface area contributed by atoms with E-state index in [9.17, 15) is 9.90 Å². The summed E-state index contributed by atoms with van der Waals surface area (Å²) in [5, 5.41) is 15.9. The van der Waals surface area contributed by atoms with Crippen molar-refractivity contribution >= 4 is 11.7 Å². The lowest BCUT2D eigenvalue weighted by Gasteiger charge is -2.18. The first-order valence-electron chi connectivity index (χ1n) is 8.11. The molecule has 2 aromatic carbocycles. The Hall–Kier alpha value is -2.53. The Kier molecular flexibility index (Phi) is 4.71. The van der Waals surface area contributed by atoms with Crippen molar-refractivity contribution in [2.24, 2.45) is 0 Å². The minimum Gasteiger partial charge on any atom is -0.390 e. The normalized spacial score (nSPS) is 18.8. The third-order valence-corrected chi connectivity index (χ3v) is 4.40. The molecule has 0 saturated carbocycles. The molecule has 0 bridgehead atoms. The monoisotopic (exact) mass is 325 g/mol. The largest absolute Gasteiger partial charge is 0.390 e. The first-order chi connectivity index (χ1) is 11.5. The van der Waals surface area contributed by atoms with Crippen LogP contribution in [0.15, 0.2) is 48.5 Å². The van der Waals surface area contributed by atoms with Gasteiger partial charge in [-0.15, -0.1) is 0 Å². The van der Waals surface area contributed by atoms with Crippen LogP contribution in [0.1, 0.15) is 22.7 Å². The summed E-state index contributed by atoms with van der Waals surface area (Å²) in [5.41, 5.74) is 4.24. The first kappa shape index (κ1) is 16.3. The minimum atomic E-state index is -0.576. The molecule has 0 aliphatic heterocycles. The van der Waals surface area contributed by atoms with E-state index in [1.807, 2.05) is 67.5 Å². The number of benzene rings is 2. The van der Waals surface area contributed by atoms with Gasteiger partial charge < -0.3 is 20.6 Å². The number of amides is 2. The number of aliphatic hydroxyl groups is 1. The SMILES string of the molecule is CN(C)c1ccc(CNC(=O)NC2c3ccccc3CC2O)cc1. The summed E-state index contributed by atoms with van der Waals surface area (Å²) in [6.07, 6.45) is 0.000140. The number of nitrogens with one attached hydrogen (secondary N) is 2. The van der Waals surface area contributed by atoms with Crippen molar-refractivity contribution in [1.29, 1.82) is 0 Å². The molecular weight excluding hydrogens is 302 g/mol. The lowest BCUT2D eigenvalue weighted by Crippen LogP contribution is -2.40. The van der Waals surface area contributed by atoms with E-state index in [1.54, 1.807) is 0 Å². The van der Waals surface area contributed by atoms with E-state index in [1.165, 1.54) is 0 Å². The van der Waals surface area contributed by atoms with Crippen LogP contribution < -0.4 is 15.5 Å². The Labute approximate surface area is 142 Å². The molecule has 0 heterocycles. The number of anilines is 1. The summed E-state index contributed by atoms with van der Waals surface area (Å²) in [6, 6.07) is 15.2. The first-order valence-corrected chi connectivity index (χ1v) is 8.11. The van der Waals surface area contributed by atoms with Crippen molar-refractivity contribution < 1.29 is 9.90 Å². The summed E-state index contributed by atoms with van der Waals surface area (Å²) in [5.74, 6) is 0. The Morgan fingerprint density at radius 3 is 2.58 bits per heavy atom. The maximum absolute atomic E-state index is 12.2. The van der Waals surface area contributed by atoms with Gasteiger partial charge >= 0.3 is 6.03 Å². The van der Waals surface area contributed by atoms with Crippen LogP contribution in [0.5, 0.6) is 0 Å². The molecule has 24 heavy (non-hydrogen) atoms. The fourth-order valence-electron chi connectivity index (χ4n) is 3.03. The van der Waals surface area contributed by atoms with Crippen molar-refractivity contribution in [3.63, 3.8) is 0 Å². The highest BCUT2D eigenvalue weighted by molar-refractivity contribution is 5.74. The summed E-state index contributed by atoms with van der Waals surface area (Å²) in [7, 11) is 3.98. The number of carbonyl (C=O) groups excluding carboxylic acids is 1. The van der Waals surface area contributed by atoms with E-state index in [2.05, 4.69) is 10.6 Å². The van der Waals surface area contributed by atoms with Gasteiger partial charge in [-0.05, 0) is 28.8 Å². The zero-order valence-corrected chi connectivity index (χ0v) is 14.0. The molecule has 0 aromatic heterocycles. The van der Waals surface area contributed by atoms with Gasteiger partial charge in [0.15, 0.2) is 0 Å². The Bertz CT molecular complexity index is 713. The lowest BCUT2D eigenvalue weighted by molar-refractivity contribution is 0.142. The van der Waals surface area contributed by atoms with Gasteiger partial charge in [0.05, 0.1) is 12.1 Å². The van der Waals surface area contributed by atoms with Gasteiger partial charge in [0.25, 0.3) is 0 Å². The fourth-order valence-corrected chi connectivity index (χ4v) is 3.03. The number of carbonyl (C=O) groups is 1. The molecule has 3 rings (SSSR count). The van der Waals surface area contributed by atoms with Crippen LogP contribution in [0, 0.1) is 0 Å². The number of aliphatic hydroxyl groups excluding tert-OH is 1. The van der Waals surface area contributed by atoms with Crippen LogP contribution in [0.3, 0.4) is 0 Å². The maximum atomic E-state index is 12.2. The highest BCUT2D eigenvalue weighted by Gasteiger charge is 2.31. The van der Waals surface area contributed by atoms with Crippen LogP contribution in [-0.2, 0) is 13.0 Å². The van der Waals surface area contributed by atoms with Gasteiger partial charge in [0, 0.05) is 32.7 Å². The highest BCUT2D eigenvalue weighted by atomic mass is 16.3. The average Bonchev–Trinajstić information content (AvgIpc) is 2.89. The van der Waals surface area contributed by atoms with Gasteiger partial charge in [-0.25, -0.2) is 4.79 Å². The molecule has 2 amide bonds. The van der Waals surface area contributed by atoms with E-state index >= 15 is 0 Å². The second-order valence-electron chi connectivity index (χ2n) is 6.34. The molecule has 2 atom stereocenters. The van der Waals surface area contributed by atoms with Gasteiger partial charge in [0.2, 0.25) is 0 Å². The third kappa shape index (κ3) is 3.51. The summed E-state index contributed by atoms with van der Waals surface area (Å²) < 4.78 is 0. The van der Waals surface area contributed by atoms with Gasteiger partial charge in [-0.2, -0.15) is 0 Å². The molecule has 126 valence electrons. The average molecular weight is 325 g/mol. The molecule has 1 aliphatic carbocycles. The Morgan fingerprint density at radius 2 is 1.88 bits per heavy atom. The Morgan fingerprint density at radius 1 is 1.17 bits per heavy atom. The minimum absolute atomic E-state index is 0.271. The van der Waals surface area contributed by atoms with Crippen LogP contribution in [0.25, 0.3) is 0 Å². The zero-order valence-electron chi connectivity index (χ0n) is 14.0. The Balaban J connectivity index is 1.56. The highest BCUT2D eigenvalue weighted by Crippen LogP contribution is 2.31. The zero-order chi connectivity index (χ0) is 17.1. The van der Waals surface area contributed by atoms with Crippen molar-refractivity contribution in [3.8, 4) is 0 Å². The summed E-state index contributed by atoms with van der Waals surface area (Å²) in [4.78, 5) is 14.2. The fraction of sp³-hybridized carbons (Fsp3) is 0.316. The van der Waals surface area contributed by atoms with Gasteiger partial charge in [-0.3, -0.25) is 0 Å². The molecule has 5 heteroatoms. The number of nitrogens with zero attached hydrogens (tertiary/aromatic N) is 1. The molecule has 2 aromatic rings. The standard InChI is InChI=1S/C19H23N3O2/c1-22(2)15-9-7-13(8-10-15)12-20-19(24)21-18-16-6-4-3-5-14(16)11-17(18)23/h3-10,17-18,23H,11-12H2,1-2H3,(H2,20,21,24). The number of hydrogen-bond donors (Lipinski definition) is 3. The molecule has 3 N–H and O–H groups in total. The summed E-state index contributed by atoms with van der Waals surface area (Å²) >= 11 is 0. The van der Waals surface area contributed by atoms with Crippen molar-refractivity contribution in [2.45, 2.75) is 25.1 Å². The molecule has 0 spiro atoms. The number of urea groups is 1. The second-order valence-corrected chi connectivity index (χ2v) is 6.34. The van der Waals surface area contributed by atoms with E-state index in [0.717, 1.165) is 22.4 Å². The van der Waals surface area contributed by atoms with Crippen LogP contribution in [0.2, 0.25) is 0 Å². The molecule has 5 nitrogen and oxygen atoms in total. The predicted molar refractivity (Wildman–Crippen MR) is 95.0 cm³/mol. The topological polar surface area (TPSA) is 64.6 Å².